The zero-order valence-corrected chi connectivity index (χ0v) is 23.9. The quantitative estimate of drug-likeness (QED) is 0.209. The minimum Gasteiger partial charge on any atom is -0.497 e. The minimum atomic E-state index is -0.714. The second-order valence-electron chi connectivity index (χ2n) is 9.55. The van der Waals surface area contributed by atoms with E-state index in [4.69, 9.17) is 27.9 Å². The molecular weight excluding hydrogens is 543 g/mol. The Labute approximate surface area is 245 Å². The van der Waals surface area contributed by atoms with Gasteiger partial charge in [-0.15, -0.1) is 0 Å². The molecule has 0 unspecified atom stereocenters. The lowest BCUT2D eigenvalue weighted by atomic mass is 10.0. The third-order valence-corrected chi connectivity index (χ3v) is 7.18. The summed E-state index contributed by atoms with van der Waals surface area (Å²) in [5.41, 5.74) is 3.77. The Morgan fingerprint density at radius 1 is 0.750 bits per heavy atom. The van der Waals surface area contributed by atoms with E-state index in [0.717, 1.165) is 28.0 Å². The maximum absolute atomic E-state index is 13.8. The van der Waals surface area contributed by atoms with Crippen molar-refractivity contribution in [2.24, 2.45) is 0 Å². The van der Waals surface area contributed by atoms with Crippen LogP contribution in [-0.4, -0.2) is 36.4 Å². The summed E-state index contributed by atoms with van der Waals surface area (Å²) >= 11 is 12.2. The van der Waals surface area contributed by atoms with Crippen molar-refractivity contribution in [2.75, 3.05) is 13.7 Å². The molecule has 4 rings (SSSR count). The van der Waals surface area contributed by atoms with Crippen molar-refractivity contribution in [3.8, 4) is 5.75 Å². The number of carbonyl (C=O) groups excluding carboxylic acids is 2. The Morgan fingerprint density at radius 2 is 1.32 bits per heavy atom. The molecule has 4 aromatic rings. The summed E-state index contributed by atoms with van der Waals surface area (Å²) in [7, 11) is 1.63. The van der Waals surface area contributed by atoms with Gasteiger partial charge >= 0.3 is 0 Å². The molecule has 0 spiro atoms. The van der Waals surface area contributed by atoms with E-state index >= 15 is 0 Å². The van der Waals surface area contributed by atoms with E-state index in [1.54, 1.807) is 36.3 Å². The van der Waals surface area contributed by atoms with E-state index in [1.165, 1.54) is 0 Å². The van der Waals surface area contributed by atoms with Crippen LogP contribution in [0.4, 0.5) is 0 Å². The van der Waals surface area contributed by atoms with E-state index in [9.17, 15) is 9.59 Å². The first-order valence-corrected chi connectivity index (χ1v) is 13.9. The van der Waals surface area contributed by atoms with E-state index in [2.05, 4.69) is 5.32 Å². The van der Waals surface area contributed by atoms with Crippen LogP contribution < -0.4 is 10.1 Å². The molecule has 0 aliphatic rings. The van der Waals surface area contributed by atoms with Gasteiger partial charge in [0, 0.05) is 29.6 Å². The maximum atomic E-state index is 13.8. The Kier molecular flexibility index (Phi) is 10.6. The molecule has 1 atom stereocenters. The van der Waals surface area contributed by atoms with Gasteiger partial charge in [-0.1, -0.05) is 89.9 Å². The molecule has 0 aromatic heterocycles. The molecule has 4 aromatic carbocycles. The van der Waals surface area contributed by atoms with Crippen molar-refractivity contribution in [1.29, 1.82) is 0 Å². The molecular formula is C33H32Cl2N2O3. The highest BCUT2D eigenvalue weighted by Gasteiger charge is 2.30. The number of rotatable bonds is 12. The van der Waals surface area contributed by atoms with Gasteiger partial charge in [0.1, 0.15) is 11.8 Å². The van der Waals surface area contributed by atoms with Crippen molar-refractivity contribution in [1.82, 2.24) is 10.2 Å². The van der Waals surface area contributed by atoms with Crippen molar-refractivity contribution >= 4 is 35.0 Å². The van der Waals surface area contributed by atoms with Crippen LogP contribution >= 0.6 is 23.2 Å². The van der Waals surface area contributed by atoms with Gasteiger partial charge in [-0.25, -0.2) is 0 Å². The van der Waals surface area contributed by atoms with Crippen LogP contribution in [0.3, 0.4) is 0 Å². The highest BCUT2D eigenvalue weighted by Crippen LogP contribution is 2.19. The first kappa shape index (κ1) is 29.2. The highest BCUT2D eigenvalue weighted by atomic mass is 35.5. The zero-order chi connectivity index (χ0) is 28.3. The van der Waals surface area contributed by atoms with Crippen molar-refractivity contribution in [3.63, 3.8) is 0 Å². The number of methoxy groups -OCH3 is 1. The van der Waals surface area contributed by atoms with Gasteiger partial charge in [0.2, 0.25) is 11.8 Å². The molecule has 0 aliphatic heterocycles. The predicted octanol–water partition coefficient (Wildman–Crippen LogP) is 6.54. The summed E-state index contributed by atoms with van der Waals surface area (Å²) in [5, 5.41) is 4.29. The fourth-order valence-corrected chi connectivity index (χ4v) is 4.71. The molecule has 7 heteroatoms. The van der Waals surface area contributed by atoms with Crippen LogP contribution in [0.5, 0.6) is 5.75 Å². The first-order chi connectivity index (χ1) is 19.4. The van der Waals surface area contributed by atoms with Crippen LogP contribution in [0.1, 0.15) is 22.3 Å². The monoisotopic (exact) mass is 574 g/mol. The van der Waals surface area contributed by atoms with E-state index in [-0.39, 0.29) is 24.8 Å². The van der Waals surface area contributed by atoms with Crippen LogP contribution in [0.15, 0.2) is 103 Å². The van der Waals surface area contributed by atoms with E-state index < -0.39 is 6.04 Å². The molecule has 0 radical (unpaired) electrons. The lowest BCUT2D eigenvalue weighted by Crippen LogP contribution is -2.51. The van der Waals surface area contributed by atoms with Gasteiger partial charge in [0.15, 0.2) is 0 Å². The average molecular weight is 576 g/mol. The summed E-state index contributed by atoms with van der Waals surface area (Å²) in [6, 6.07) is 31.4. The lowest BCUT2D eigenvalue weighted by molar-refractivity contribution is -0.140. The molecule has 0 saturated carbocycles. The second-order valence-corrected chi connectivity index (χ2v) is 10.4. The summed E-state index contributed by atoms with van der Waals surface area (Å²) in [6.07, 6.45) is 1.19. The van der Waals surface area contributed by atoms with Crippen LogP contribution in [-0.2, 0) is 35.4 Å². The number of hydrogen-bond donors (Lipinski definition) is 1. The highest BCUT2D eigenvalue weighted by molar-refractivity contribution is 6.30. The summed E-state index contributed by atoms with van der Waals surface area (Å²) < 4.78 is 5.23. The molecule has 0 aliphatic carbocycles. The summed E-state index contributed by atoms with van der Waals surface area (Å²) in [6.45, 7) is 0.712. The number of nitrogens with zero attached hydrogens (tertiary/aromatic N) is 1. The number of carbonyl (C=O) groups is 2. The van der Waals surface area contributed by atoms with Gasteiger partial charge in [-0.2, -0.15) is 0 Å². The molecule has 40 heavy (non-hydrogen) atoms. The average Bonchev–Trinajstić information content (AvgIpc) is 2.98. The third kappa shape index (κ3) is 8.60. The Morgan fingerprint density at radius 3 is 1.93 bits per heavy atom. The van der Waals surface area contributed by atoms with Crippen LogP contribution in [0.2, 0.25) is 10.0 Å². The largest absolute Gasteiger partial charge is 0.497 e. The third-order valence-electron chi connectivity index (χ3n) is 6.68. The number of nitrogens with one attached hydrogen (secondary N) is 1. The van der Waals surface area contributed by atoms with Gasteiger partial charge in [0.05, 0.1) is 13.5 Å². The standard InChI is InChI=1S/C33H32Cl2N2O3/c1-40-30-17-11-24(12-18-30)19-20-36-33(39)31(21-25-5-3-2-4-6-25)37(23-27-9-15-29(35)16-10-27)32(38)22-26-7-13-28(34)14-8-26/h2-18,31H,19-23H2,1H3,(H,36,39)/t31-/m1/s1. The zero-order valence-electron chi connectivity index (χ0n) is 22.4. The molecule has 0 bridgehead atoms. The van der Waals surface area contributed by atoms with Gasteiger partial charge in [-0.05, 0) is 65.1 Å². The summed E-state index contributed by atoms with van der Waals surface area (Å²) in [5.74, 6) is 0.437. The molecule has 206 valence electrons. The topological polar surface area (TPSA) is 58.6 Å². The predicted molar refractivity (Wildman–Crippen MR) is 161 cm³/mol. The molecule has 2 amide bonds. The molecule has 0 heterocycles. The van der Waals surface area contributed by atoms with Crippen molar-refractivity contribution < 1.29 is 14.3 Å². The van der Waals surface area contributed by atoms with Crippen LogP contribution in [0, 0.1) is 0 Å². The lowest BCUT2D eigenvalue weighted by Gasteiger charge is -2.32. The van der Waals surface area contributed by atoms with Gasteiger partial charge in [0.25, 0.3) is 0 Å². The number of benzene rings is 4. The molecule has 0 saturated heterocycles. The Hall–Kier alpha value is -3.80. The van der Waals surface area contributed by atoms with Gasteiger partial charge < -0.3 is 15.0 Å². The fourth-order valence-electron chi connectivity index (χ4n) is 4.46. The summed E-state index contributed by atoms with van der Waals surface area (Å²) in [4.78, 5) is 29.3. The first-order valence-electron chi connectivity index (χ1n) is 13.1. The van der Waals surface area contributed by atoms with Crippen molar-refractivity contribution in [2.45, 2.75) is 31.8 Å². The minimum absolute atomic E-state index is 0.148. The Balaban J connectivity index is 1.58. The van der Waals surface area contributed by atoms with Crippen LogP contribution in [0.25, 0.3) is 0 Å². The van der Waals surface area contributed by atoms with E-state index in [1.807, 2.05) is 78.9 Å². The van der Waals surface area contributed by atoms with Crippen molar-refractivity contribution in [3.05, 3.63) is 135 Å². The SMILES string of the molecule is COc1ccc(CCNC(=O)[C@@H](Cc2ccccc2)N(Cc2ccc(Cl)cc2)C(=O)Cc2ccc(Cl)cc2)cc1. The maximum Gasteiger partial charge on any atom is 0.243 e. The number of hydrogen-bond acceptors (Lipinski definition) is 3. The second kappa shape index (κ2) is 14.5. The molecule has 1 N–H and O–H groups in total. The molecule has 0 fully saturated rings. The van der Waals surface area contributed by atoms with E-state index in [0.29, 0.717) is 29.4 Å². The number of ether oxygens (including phenoxy) is 1. The number of halogens is 2. The fraction of sp³-hybridized carbons (Fsp3) is 0.212. The normalized spacial score (nSPS) is 11.5. The Bertz CT molecular complexity index is 1380. The number of amides is 2. The molecule has 5 nitrogen and oxygen atoms in total. The smallest absolute Gasteiger partial charge is 0.243 e. The van der Waals surface area contributed by atoms with Gasteiger partial charge in [-0.3, -0.25) is 9.59 Å².